The predicted molar refractivity (Wildman–Crippen MR) is 105 cm³/mol. The Bertz CT molecular complexity index is 767. The van der Waals surface area contributed by atoms with Crippen LogP contribution < -0.4 is 10.2 Å². The van der Waals surface area contributed by atoms with Crippen LogP contribution in [0.1, 0.15) is 41.5 Å². The molecule has 0 radical (unpaired) electrons. The van der Waals surface area contributed by atoms with Crippen molar-refractivity contribution >= 4 is 27.7 Å². The van der Waals surface area contributed by atoms with Crippen molar-refractivity contribution < 1.29 is 4.79 Å². The Kier molecular flexibility index (Phi) is 5.93. The smallest absolute Gasteiger partial charge is 0.273 e. The predicted octanol–water partition coefficient (Wildman–Crippen LogP) is 2.37. The van der Waals surface area contributed by atoms with Crippen molar-refractivity contribution in [3.63, 3.8) is 0 Å². The SMILES string of the molecule is CC(C)c1[nH]nc(C(=O)NCc2cccnc2N2CCN(C)CC2)c1Br. The number of carbonyl (C=O) groups is 1. The first-order valence-electron chi connectivity index (χ1n) is 8.86. The van der Waals surface area contributed by atoms with Crippen LogP contribution in [-0.2, 0) is 6.54 Å². The summed E-state index contributed by atoms with van der Waals surface area (Å²) in [7, 11) is 2.13. The standard InChI is InChI=1S/C18H25BrN6O/c1-12(2)15-14(19)16(23-22-15)18(26)21-11-13-5-4-6-20-17(13)25-9-7-24(3)8-10-25/h4-6,12H,7-11H2,1-3H3,(H,21,26)(H,22,23). The third kappa shape index (κ3) is 4.07. The fourth-order valence-electron chi connectivity index (χ4n) is 3.01. The van der Waals surface area contributed by atoms with Gasteiger partial charge in [0.1, 0.15) is 5.82 Å². The summed E-state index contributed by atoms with van der Waals surface area (Å²) in [5.41, 5.74) is 2.33. The van der Waals surface area contributed by atoms with Gasteiger partial charge in [0.05, 0.1) is 10.2 Å². The van der Waals surface area contributed by atoms with Crippen LogP contribution in [0.5, 0.6) is 0 Å². The van der Waals surface area contributed by atoms with Crippen LogP contribution in [0.4, 0.5) is 5.82 Å². The van der Waals surface area contributed by atoms with E-state index in [1.165, 1.54) is 0 Å². The zero-order valence-corrected chi connectivity index (χ0v) is 17.0. The monoisotopic (exact) mass is 420 g/mol. The van der Waals surface area contributed by atoms with Gasteiger partial charge in [-0.1, -0.05) is 19.9 Å². The van der Waals surface area contributed by atoms with Crippen LogP contribution in [-0.4, -0.2) is 59.2 Å². The van der Waals surface area contributed by atoms with Crippen molar-refractivity contribution in [2.24, 2.45) is 0 Å². The van der Waals surface area contributed by atoms with Gasteiger partial charge in [-0.2, -0.15) is 5.10 Å². The molecule has 3 rings (SSSR count). The number of rotatable bonds is 5. The zero-order chi connectivity index (χ0) is 18.7. The summed E-state index contributed by atoms with van der Waals surface area (Å²) >= 11 is 3.48. The Morgan fingerprint density at radius 3 is 2.73 bits per heavy atom. The number of halogens is 1. The lowest BCUT2D eigenvalue weighted by atomic mass is 10.1. The van der Waals surface area contributed by atoms with E-state index in [0.29, 0.717) is 12.2 Å². The molecule has 140 valence electrons. The molecule has 1 amide bonds. The van der Waals surface area contributed by atoms with E-state index >= 15 is 0 Å². The summed E-state index contributed by atoms with van der Waals surface area (Å²) in [6, 6.07) is 3.92. The van der Waals surface area contributed by atoms with Crippen LogP contribution in [0.2, 0.25) is 0 Å². The molecule has 7 nitrogen and oxygen atoms in total. The number of pyridine rings is 1. The van der Waals surface area contributed by atoms with Crippen molar-refractivity contribution in [3.8, 4) is 0 Å². The second kappa shape index (κ2) is 8.18. The molecule has 8 heteroatoms. The minimum absolute atomic E-state index is 0.201. The lowest BCUT2D eigenvalue weighted by Crippen LogP contribution is -2.45. The molecule has 0 aliphatic carbocycles. The van der Waals surface area contributed by atoms with Gasteiger partial charge in [0, 0.05) is 44.5 Å². The minimum atomic E-state index is -0.201. The topological polar surface area (TPSA) is 77.1 Å². The fourth-order valence-corrected chi connectivity index (χ4v) is 3.82. The van der Waals surface area contributed by atoms with Gasteiger partial charge in [-0.25, -0.2) is 4.98 Å². The zero-order valence-electron chi connectivity index (χ0n) is 15.4. The highest BCUT2D eigenvalue weighted by Gasteiger charge is 2.21. The number of hydrogen-bond donors (Lipinski definition) is 2. The second-order valence-corrected chi connectivity index (χ2v) is 7.71. The molecule has 0 saturated carbocycles. The number of likely N-dealkylation sites (N-methyl/N-ethyl adjacent to an activating group) is 1. The van der Waals surface area contributed by atoms with E-state index in [2.05, 4.69) is 67.1 Å². The van der Waals surface area contributed by atoms with E-state index in [1.54, 1.807) is 6.20 Å². The Labute approximate surface area is 162 Å². The third-order valence-electron chi connectivity index (χ3n) is 4.63. The number of nitrogens with zero attached hydrogens (tertiary/aromatic N) is 4. The van der Waals surface area contributed by atoms with Gasteiger partial charge < -0.3 is 15.1 Å². The number of carbonyl (C=O) groups excluding carboxylic acids is 1. The molecule has 1 aliphatic heterocycles. The van der Waals surface area contributed by atoms with Gasteiger partial charge in [0.15, 0.2) is 5.69 Å². The average Bonchev–Trinajstić information content (AvgIpc) is 3.02. The Balaban J connectivity index is 1.69. The highest BCUT2D eigenvalue weighted by Crippen LogP contribution is 2.25. The first-order valence-corrected chi connectivity index (χ1v) is 9.66. The van der Waals surface area contributed by atoms with Crippen LogP contribution in [0.3, 0.4) is 0 Å². The molecule has 0 atom stereocenters. The Hall–Kier alpha value is -1.93. The van der Waals surface area contributed by atoms with Gasteiger partial charge >= 0.3 is 0 Å². The molecule has 1 saturated heterocycles. The number of amides is 1. The fraction of sp³-hybridized carbons (Fsp3) is 0.500. The second-order valence-electron chi connectivity index (χ2n) is 6.91. The van der Waals surface area contributed by atoms with Gasteiger partial charge in [-0.05, 0) is 35.0 Å². The maximum atomic E-state index is 12.5. The van der Waals surface area contributed by atoms with Crippen LogP contribution in [0, 0.1) is 0 Å². The summed E-state index contributed by atoms with van der Waals surface area (Å²) in [4.78, 5) is 21.7. The molecule has 2 aromatic heterocycles. The normalized spacial score (nSPS) is 15.5. The molecular weight excluding hydrogens is 396 g/mol. The molecule has 0 aromatic carbocycles. The maximum absolute atomic E-state index is 12.5. The summed E-state index contributed by atoms with van der Waals surface area (Å²) < 4.78 is 0.732. The first kappa shape index (κ1) is 18.8. The summed E-state index contributed by atoms with van der Waals surface area (Å²) in [5, 5.41) is 10.1. The Morgan fingerprint density at radius 1 is 1.35 bits per heavy atom. The van der Waals surface area contributed by atoms with E-state index in [0.717, 1.165) is 47.7 Å². The molecule has 3 heterocycles. The average molecular weight is 421 g/mol. The number of anilines is 1. The molecule has 0 unspecified atom stereocenters. The number of aromatic nitrogens is 3. The molecule has 1 fully saturated rings. The van der Waals surface area contributed by atoms with Gasteiger partial charge in [-0.3, -0.25) is 9.89 Å². The van der Waals surface area contributed by atoms with Crippen molar-refractivity contribution in [1.29, 1.82) is 0 Å². The lowest BCUT2D eigenvalue weighted by Gasteiger charge is -2.34. The van der Waals surface area contributed by atoms with Gasteiger partial charge in [-0.15, -0.1) is 0 Å². The number of H-pyrrole nitrogens is 1. The van der Waals surface area contributed by atoms with Gasteiger partial charge in [0.25, 0.3) is 5.91 Å². The van der Waals surface area contributed by atoms with E-state index in [-0.39, 0.29) is 11.8 Å². The molecule has 0 bridgehead atoms. The van der Waals surface area contributed by atoms with Crippen LogP contribution in [0.25, 0.3) is 0 Å². The number of hydrogen-bond acceptors (Lipinski definition) is 5. The van der Waals surface area contributed by atoms with Crippen molar-refractivity contribution in [3.05, 3.63) is 39.8 Å². The molecule has 2 N–H and O–H groups in total. The summed E-state index contributed by atoms with van der Waals surface area (Å²) in [5.74, 6) is 1.01. The first-order chi connectivity index (χ1) is 12.5. The molecule has 1 aliphatic rings. The number of aromatic amines is 1. The van der Waals surface area contributed by atoms with E-state index in [9.17, 15) is 4.79 Å². The highest BCUT2D eigenvalue weighted by atomic mass is 79.9. The molecular formula is C18H25BrN6O. The molecule has 0 spiro atoms. The van der Waals surface area contributed by atoms with Gasteiger partial charge in [0.2, 0.25) is 0 Å². The highest BCUT2D eigenvalue weighted by molar-refractivity contribution is 9.10. The van der Waals surface area contributed by atoms with Crippen molar-refractivity contribution in [2.45, 2.75) is 26.3 Å². The summed E-state index contributed by atoms with van der Waals surface area (Å²) in [6.45, 7) is 8.44. The minimum Gasteiger partial charge on any atom is -0.354 e. The van der Waals surface area contributed by atoms with Crippen molar-refractivity contribution in [1.82, 2.24) is 25.4 Å². The number of piperazine rings is 1. The van der Waals surface area contributed by atoms with E-state index in [1.807, 2.05) is 12.1 Å². The quantitative estimate of drug-likeness (QED) is 0.776. The maximum Gasteiger partial charge on any atom is 0.273 e. The Morgan fingerprint density at radius 2 is 2.08 bits per heavy atom. The summed E-state index contributed by atoms with van der Waals surface area (Å²) in [6.07, 6.45) is 1.80. The van der Waals surface area contributed by atoms with Crippen LogP contribution in [0.15, 0.2) is 22.8 Å². The lowest BCUT2D eigenvalue weighted by molar-refractivity contribution is 0.0945. The molecule has 2 aromatic rings. The van der Waals surface area contributed by atoms with E-state index < -0.39 is 0 Å². The molecule has 26 heavy (non-hydrogen) atoms. The van der Waals surface area contributed by atoms with E-state index in [4.69, 9.17) is 0 Å². The largest absolute Gasteiger partial charge is 0.354 e. The van der Waals surface area contributed by atoms with Crippen molar-refractivity contribution in [2.75, 3.05) is 38.1 Å². The van der Waals surface area contributed by atoms with Crippen LogP contribution >= 0.6 is 15.9 Å². The number of nitrogens with one attached hydrogen (secondary N) is 2. The third-order valence-corrected chi connectivity index (χ3v) is 5.44.